The van der Waals surface area contributed by atoms with Crippen molar-refractivity contribution in [3.8, 4) is 51.7 Å². The Morgan fingerprint density at radius 2 is 1.15 bits per heavy atom. The third-order valence-electron chi connectivity index (χ3n) is 26.4. The molecule has 756 valence electrons. The topological polar surface area (TPSA) is 566 Å². The summed E-state index contributed by atoms with van der Waals surface area (Å²) in [5.74, 6) is -9.26. The number of carbonyl (C=O) groups excluding carboxylic acids is 14. The molecule has 8 aliphatic rings. The molecule has 0 spiro atoms. The number of nitrogens with zero attached hydrogens (tertiary/aromatic N) is 4. The fourth-order valence-electron chi connectivity index (χ4n) is 17.9. The van der Waals surface area contributed by atoms with Crippen LogP contribution < -0.4 is 105 Å². The van der Waals surface area contributed by atoms with Gasteiger partial charge in [-0.3, -0.25) is 67.1 Å². The number of hydrogen-bond donors (Lipinski definition) is 16. The highest BCUT2D eigenvalue weighted by molar-refractivity contribution is 8.77. The van der Waals surface area contributed by atoms with E-state index >= 15 is 0 Å². The summed E-state index contributed by atoms with van der Waals surface area (Å²) in [6, 6.07) is 9.71. The van der Waals surface area contributed by atoms with Crippen molar-refractivity contribution < 1.29 is 115 Å². The van der Waals surface area contributed by atoms with Gasteiger partial charge in [0.05, 0.1) is 101 Å². The molecule has 40 nitrogen and oxygen atoms in total. The van der Waals surface area contributed by atoms with Crippen molar-refractivity contribution in [2.24, 2.45) is 28.9 Å². The van der Waals surface area contributed by atoms with Crippen LogP contribution in [0.25, 0.3) is 0 Å². The molecule has 4 fully saturated rings. The molecule has 8 heterocycles. The van der Waals surface area contributed by atoms with Gasteiger partial charge in [-0.2, -0.15) is 0 Å². The van der Waals surface area contributed by atoms with Gasteiger partial charge in [-0.25, -0.2) is 0 Å². The zero-order valence-corrected chi connectivity index (χ0v) is 83.5. The normalized spacial score (nSPS) is 25.3. The van der Waals surface area contributed by atoms with Gasteiger partial charge in [0.1, 0.15) is 90.0 Å². The third kappa shape index (κ3) is 27.8. The van der Waals surface area contributed by atoms with Gasteiger partial charge in [-0.1, -0.05) is 93.8 Å². The highest BCUT2D eigenvalue weighted by Gasteiger charge is 2.46. The number of carbonyl (C=O) groups is 14. The van der Waals surface area contributed by atoms with Crippen molar-refractivity contribution in [1.82, 2.24) is 63.0 Å². The Kier molecular flexibility index (Phi) is 38.5. The minimum atomic E-state index is -1.79. The number of hydrogen-bond acceptors (Lipinski definition) is 28. The Balaban J connectivity index is 0.000000319. The van der Waals surface area contributed by atoms with Crippen LogP contribution in [0, 0.1) is 5.92 Å². The van der Waals surface area contributed by atoms with Crippen LogP contribution in [0.2, 0.25) is 0 Å². The number of methoxy groups -OCH3 is 4. The van der Waals surface area contributed by atoms with E-state index in [4.69, 9.17) is 51.4 Å². The van der Waals surface area contributed by atoms with E-state index in [0.29, 0.717) is 60.0 Å². The van der Waals surface area contributed by atoms with Crippen LogP contribution in [0.3, 0.4) is 0 Å². The lowest BCUT2D eigenvalue weighted by Crippen LogP contribution is -2.61. The van der Waals surface area contributed by atoms with E-state index in [-0.39, 0.29) is 92.7 Å². The molecule has 0 radical (unpaired) electrons. The van der Waals surface area contributed by atoms with Crippen molar-refractivity contribution in [1.29, 1.82) is 0 Å². The quantitative estimate of drug-likeness (QED) is 0.0336. The maximum atomic E-state index is 14.6. The maximum Gasteiger partial charge on any atom is 0.246 e. The van der Waals surface area contributed by atoms with Gasteiger partial charge in [0.2, 0.25) is 88.5 Å². The standard InChI is InChI=1S/C55H84N16O16S4.C40H48N2O6/c1-4-27(2)43(58)54(86)69-38-26-91-89-24-36-46(78)60-21-42(75)70-17-7-10-39(70)53(85)62-31(9-5-6-16-56)47(79)63-32(19-29-12-14-30(73)15-13-29)48(80)65-34(22-72)49(81)66-35(44(59)76)23-88-90-25-37(68-51(38)83)50(82)64-33(20-41(57)74)55(87)71-18-8-11-40(71)52(84)61-28(3)45(77)67-36;1-41(2)17-15-27-22-34(44-6)36-24-30(27)31(41)19-25-9-12-29(13-10-25)47-40-38-28(23-37(45-7)39(40)46-8)16-18-42(3,4)32(38)20-26-11-14-33(43-5)35(21-26)48-36/h12-15,27-28,31-40,43,72-73H,4-11,16-26,56,58H2,1-3H3,(H2,57,74)(H2,59,76)(H,60,78)(H,61,84)(H,62,85)(H,63,79)(H,64,82)(H,65,80)(H,66,81)(H,67,77)(H,68,83)(H,69,86);9-14,21-24,31-32H,15-20H2,1-8H3/q;+2/t27-,28-,31-,32-,33-,34-,35-,36-,37-,38-,39-,40-,43-;31-,32+/m00/s1. The molecule has 0 aromatic heterocycles. The molecular formula is C95H132N18O22S4+2. The third-order valence-corrected chi connectivity index (χ3v) is 31.3. The highest BCUT2D eigenvalue weighted by Crippen LogP contribution is 2.53. The summed E-state index contributed by atoms with van der Waals surface area (Å²) in [6.45, 7) is 5.28. The van der Waals surface area contributed by atoms with E-state index in [2.05, 4.69) is 136 Å². The maximum absolute atomic E-state index is 14.6. The predicted octanol–water partition coefficient (Wildman–Crippen LogP) is 1.51. The number of benzene rings is 5. The Labute approximate surface area is 823 Å². The molecule has 0 unspecified atom stereocenters. The molecule has 4 saturated heterocycles. The van der Waals surface area contributed by atoms with E-state index in [0.717, 1.165) is 124 Å². The molecule has 5 aromatic carbocycles. The number of phenolic OH excluding ortho intramolecular Hbond substituents is 1. The molecule has 13 rings (SSSR count). The summed E-state index contributed by atoms with van der Waals surface area (Å²) in [7, 11) is 19.6. The number of nitrogens with one attached hydrogen (secondary N) is 10. The average Bonchev–Trinajstić information content (AvgIpc) is 1.54. The monoisotopic (exact) mass is 2000 g/mol. The second-order valence-electron chi connectivity index (χ2n) is 36.8. The van der Waals surface area contributed by atoms with Crippen LogP contribution in [0.15, 0.2) is 84.9 Å². The number of unbranched alkanes of at least 4 members (excludes halogenated alkanes) is 1. The number of fused-ring (bicyclic) bond motifs is 12. The number of aromatic hydroxyl groups is 1. The van der Waals surface area contributed by atoms with Crippen molar-refractivity contribution in [2.75, 3.05) is 126 Å². The molecule has 44 heteroatoms. The Morgan fingerprint density at radius 3 is 1.80 bits per heavy atom. The van der Waals surface area contributed by atoms with Crippen molar-refractivity contribution in [3.05, 3.63) is 124 Å². The number of quaternary nitrogens is 2. The van der Waals surface area contributed by atoms with E-state index < -0.39 is 181 Å². The molecule has 14 amide bonds. The van der Waals surface area contributed by atoms with Crippen LogP contribution in [0.1, 0.15) is 130 Å². The van der Waals surface area contributed by atoms with Gasteiger partial charge in [0.15, 0.2) is 34.5 Å². The highest BCUT2D eigenvalue weighted by atomic mass is 33.1. The molecule has 20 N–H and O–H groups in total. The zero-order chi connectivity index (χ0) is 101. The van der Waals surface area contributed by atoms with Gasteiger partial charge >= 0.3 is 0 Å². The molecule has 0 aliphatic carbocycles. The summed E-state index contributed by atoms with van der Waals surface area (Å²) >= 11 is 0. The molecule has 0 saturated carbocycles. The fraction of sp³-hybridized carbons (Fsp3) is 0.537. The van der Waals surface area contributed by atoms with Gasteiger partial charge in [-0.15, -0.1) is 0 Å². The van der Waals surface area contributed by atoms with Crippen molar-refractivity contribution in [3.63, 3.8) is 0 Å². The lowest BCUT2D eigenvalue weighted by Gasteiger charge is -2.43. The summed E-state index contributed by atoms with van der Waals surface area (Å²) in [4.78, 5) is 198. The van der Waals surface area contributed by atoms with E-state index in [1.807, 2.05) is 6.07 Å². The molecular weight excluding hydrogens is 1870 g/mol. The first-order valence-corrected chi connectivity index (χ1v) is 51.6. The number of phenols is 1. The summed E-state index contributed by atoms with van der Waals surface area (Å²) < 4.78 is 39.0. The summed E-state index contributed by atoms with van der Waals surface area (Å²) in [5.41, 5.74) is 31.2. The summed E-state index contributed by atoms with van der Waals surface area (Å²) in [6.07, 6.45) is 4.40. The smallest absolute Gasteiger partial charge is 0.246 e. The number of primary amides is 2. The van der Waals surface area contributed by atoms with Crippen LogP contribution in [0.5, 0.6) is 51.7 Å². The van der Waals surface area contributed by atoms with Crippen LogP contribution in [0.4, 0.5) is 0 Å². The molecule has 8 aliphatic heterocycles. The minimum absolute atomic E-state index is 0.00425. The first-order chi connectivity index (χ1) is 66.3. The molecule has 139 heavy (non-hydrogen) atoms. The first-order valence-electron chi connectivity index (χ1n) is 46.6. The zero-order valence-electron chi connectivity index (χ0n) is 80.2. The number of aliphatic hydroxyl groups is 1. The van der Waals surface area contributed by atoms with Crippen molar-refractivity contribution >= 4 is 126 Å². The first kappa shape index (κ1) is 108. The Morgan fingerprint density at radius 1 is 0.583 bits per heavy atom. The van der Waals surface area contributed by atoms with Crippen molar-refractivity contribution in [2.45, 2.75) is 195 Å². The second-order valence-corrected chi connectivity index (χ2v) is 41.9. The van der Waals surface area contributed by atoms with Crippen LogP contribution >= 0.6 is 43.2 Å². The number of aliphatic hydroxyl groups excluding tert-OH is 1. The van der Waals surface area contributed by atoms with E-state index in [9.17, 15) is 77.3 Å². The predicted molar refractivity (Wildman–Crippen MR) is 524 cm³/mol. The number of ether oxygens (including phenoxy) is 6. The van der Waals surface area contributed by atoms with Crippen LogP contribution in [-0.4, -0.2) is 310 Å². The number of nitrogens with two attached hydrogens (primary N) is 4. The van der Waals surface area contributed by atoms with Gasteiger partial charge in [0, 0.05) is 73.8 Å². The summed E-state index contributed by atoms with van der Waals surface area (Å²) in [5, 5.41) is 46.0. The number of rotatable bonds is 18. The Hall–Kier alpha value is -11.5. The van der Waals surface area contributed by atoms with Gasteiger partial charge in [0.25, 0.3) is 0 Å². The average molecular weight is 2010 g/mol. The molecule has 5 aromatic rings. The van der Waals surface area contributed by atoms with Gasteiger partial charge in [-0.05, 0) is 147 Å². The second kappa shape index (κ2) is 49.5. The lowest BCUT2D eigenvalue weighted by atomic mass is 9.85. The molecule has 8 bridgehead atoms. The Bertz CT molecular complexity index is 5300. The minimum Gasteiger partial charge on any atom is -0.508 e. The number of likely N-dealkylation sites (N-methyl/N-ethyl adjacent to an activating group) is 2. The lowest BCUT2D eigenvalue weighted by molar-refractivity contribution is -0.923. The van der Waals surface area contributed by atoms with Crippen LogP contribution in [-0.2, 0) is 99.2 Å². The molecule has 15 atom stereocenters. The van der Waals surface area contributed by atoms with E-state index in [1.54, 1.807) is 42.3 Å². The van der Waals surface area contributed by atoms with E-state index in [1.165, 1.54) is 58.3 Å². The fourth-order valence-corrected chi connectivity index (χ4v) is 22.6. The van der Waals surface area contributed by atoms with Gasteiger partial charge < -0.3 is 134 Å². The number of amides is 14. The SMILES string of the molecule is CC[C@H](C)[C@H](N)C(=O)N[C@H]1CSSC[C@@H]2NC(=O)[C@H](C)NC(=O)[C@@H]3CCCN3C(=O)[C@H](CC(N)=O)NC(=O)[C@H](CSSC[C@@H](C(N)=O)NC(=O)[C@H](CO)NC(=O)[C@H](Cc3ccc(O)cc3)NC(=O)[C@H](CCCCN)NC(=O)[C@@H]3CCCN3C(=O)CNC2=O)NC1=O.COc1ccc2cc1Oc1cc3c(cc1OC)CC[N+](C)(C)[C@H]3Cc1ccc(cc1)Oc1c(OC)c(OC)cc3c1[C@@H](C2)[N+](C)(C)CC3. The largest absolute Gasteiger partial charge is 0.508 e.